The van der Waals surface area contributed by atoms with Gasteiger partial charge in [-0.05, 0) is 12.5 Å². The van der Waals surface area contributed by atoms with Crippen molar-refractivity contribution in [2.45, 2.75) is 13.0 Å². The molecule has 0 saturated carbocycles. The second-order valence-corrected chi connectivity index (χ2v) is 4.45. The van der Waals surface area contributed by atoms with Crippen molar-refractivity contribution in [3.63, 3.8) is 0 Å². The second-order valence-electron chi connectivity index (χ2n) is 4.45. The van der Waals surface area contributed by atoms with Crippen molar-refractivity contribution in [3.05, 3.63) is 37.1 Å². The minimum Gasteiger partial charge on any atom is -0.481 e. The number of anilines is 1. The molecular formula is C14H17N5O3. The van der Waals surface area contributed by atoms with E-state index in [-0.39, 0.29) is 0 Å². The van der Waals surface area contributed by atoms with E-state index in [0.29, 0.717) is 24.5 Å². The summed E-state index contributed by atoms with van der Waals surface area (Å²) in [6, 6.07) is 3.20. The molecule has 2 aromatic heterocycles. The van der Waals surface area contributed by atoms with Crippen LogP contribution in [0.25, 0.3) is 0 Å². The van der Waals surface area contributed by atoms with Crippen LogP contribution in [0.15, 0.2) is 37.1 Å². The molecule has 0 aliphatic heterocycles. The summed E-state index contributed by atoms with van der Waals surface area (Å²) in [6.07, 6.45) is 7.36. The Bertz CT molecular complexity index is 610. The summed E-state index contributed by atoms with van der Waals surface area (Å²) in [6.45, 7) is 1.13. The molecule has 0 radical (unpaired) electrons. The number of nitrogens with one attached hydrogen (secondary N) is 2. The normalized spacial score (nSPS) is 10.0. The maximum Gasteiger partial charge on any atom is 0.313 e. The summed E-state index contributed by atoms with van der Waals surface area (Å²) in [5.74, 6) is -0.974. The zero-order valence-electron chi connectivity index (χ0n) is 12.2. The number of rotatable bonds is 6. The highest BCUT2D eigenvalue weighted by atomic mass is 16.5. The van der Waals surface area contributed by atoms with Crippen LogP contribution in [-0.4, -0.2) is 40.0 Å². The number of carbonyl (C=O) groups is 2. The first-order chi connectivity index (χ1) is 10.7. The lowest BCUT2D eigenvalue weighted by molar-refractivity contribution is -0.136. The Labute approximate surface area is 127 Å². The van der Waals surface area contributed by atoms with Crippen molar-refractivity contribution < 1.29 is 14.3 Å². The molecule has 2 N–H and O–H groups in total. The van der Waals surface area contributed by atoms with Crippen molar-refractivity contribution in [1.82, 2.24) is 19.9 Å². The summed E-state index contributed by atoms with van der Waals surface area (Å²) in [5.41, 5.74) is 0.430. The van der Waals surface area contributed by atoms with E-state index in [2.05, 4.69) is 20.6 Å². The molecule has 0 bridgehead atoms. The van der Waals surface area contributed by atoms with E-state index in [4.69, 9.17) is 4.74 Å². The molecule has 2 rings (SSSR count). The van der Waals surface area contributed by atoms with E-state index in [0.717, 1.165) is 6.54 Å². The van der Waals surface area contributed by atoms with E-state index in [1.807, 2.05) is 10.8 Å². The number of hydrogen-bond donors (Lipinski definition) is 2. The van der Waals surface area contributed by atoms with Gasteiger partial charge in [0, 0.05) is 31.5 Å². The van der Waals surface area contributed by atoms with Gasteiger partial charge in [-0.2, -0.15) is 0 Å². The largest absolute Gasteiger partial charge is 0.481 e. The van der Waals surface area contributed by atoms with Crippen LogP contribution >= 0.6 is 0 Å². The average molecular weight is 303 g/mol. The van der Waals surface area contributed by atoms with Crippen LogP contribution in [0, 0.1) is 0 Å². The predicted molar refractivity (Wildman–Crippen MR) is 79.3 cm³/mol. The fraction of sp³-hybridized carbons (Fsp3) is 0.286. The molecule has 2 aromatic rings. The summed E-state index contributed by atoms with van der Waals surface area (Å²) in [4.78, 5) is 31.2. The van der Waals surface area contributed by atoms with Crippen LogP contribution in [0.4, 0.5) is 5.69 Å². The Morgan fingerprint density at radius 2 is 2.18 bits per heavy atom. The monoisotopic (exact) mass is 303 g/mol. The van der Waals surface area contributed by atoms with Crippen LogP contribution in [0.2, 0.25) is 0 Å². The molecular weight excluding hydrogens is 286 g/mol. The van der Waals surface area contributed by atoms with Crippen molar-refractivity contribution in [1.29, 1.82) is 0 Å². The van der Waals surface area contributed by atoms with Crippen molar-refractivity contribution in [2.24, 2.45) is 0 Å². The first-order valence-corrected chi connectivity index (χ1v) is 6.74. The van der Waals surface area contributed by atoms with Gasteiger partial charge < -0.3 is 19.9 Å². The minimum absolute atomic E-state index is 0.408. The second kappa shape index (κ2) is 7.77. The Morgan fingerprint density at radius 3 is 2.82 bits per heavy atom. The fourth-order valence-corrected chi connectivity index (χ4v) is 1.73. The molecule has 2 amide bonds. The minimum atomic E-state index is -0.727. The molecule has 2 heterocycles. The Morgan fingerprint density at radius 1 is 1.32 bits per heavy atom. The highest BCUT2D eigenvalue weighted by Crippen LogP contribution is 2.10. The molecule has 22 heavy (non-hydrogen) atoms. The van der Waals surface area contributed by atoms with Gasteiger partial charge in [0.2, 0.25) is 5.88 Å². The zero-order chi connectivity index (χ0) is 15.8. The number of aromatic nitrogens is 3. The lowest BCUT2D eigenvalue weighted by Gasteiger charge is -2.07. The maximum atomic E-state index is 11.7. The standard InChI is InChI=1S/C14H17N5O3/c1-22-12-4-3-11(9-17-12)18-14(21)13(20)16-5-2-7-19-8-6-15-10-19/h3-4,6,8-10H,2,5,7H2,1H3,(H,16,20)(H,18,21). The number of ether oxygens (including phenoxy) is 1. The Balaban J connectivity index is 1.70. The topological polar surface area (TPSA) is 98.1 Å². The lowest BCUT2D eigenvalue weighted by atomic mass is 10.3. The number of methoxy groups -OCH3 is 1. The summed E-state index contributed by atoms with van der Waals surface area (Å²) in [5, 5.41) is 5.02. The van der Waals surface area contributed by atoms with E-state index in [9.17, 15) is 9.59 Å². The van der Waals surface area contributed by atoms with Gasteiger partial charge >= 0.3 is 11.8 Å². The average Bonchev–Trinajstić information content (AvgIpc) is 3.05. The predicted octanol–water partition coefficient (Wildman–Crippen LogP) is 0.432. The van der Waals surface area contributed by atoms with Crippen molar-refractivity contribution in [2.75, 3.05) is 19.0 Å². The van der Waals surface area contributed by atoms with E-state index in [1.54, 1.807) is 24.7 Å². The Kier molecular flexibility index (Phi) is 5.47. The van der Waals surface area contributed by atoms with Gasteiger partial charge in [-0.1, -0.05) is 0 Å². The molecule has 0 aromatic carbocycles. The highest BCUT2D eigenvalue weighted by Gasteiger charge is 2.13. The third-order valence-electron chi connectivity index (χ3n) is 2.85. The van der Waals surface area contributed by atoms with Gasteiger partial charge in [-0.3, -0.25) is 9.59 Å². The quantitative estimate of drug-likeness (QED) is 0.596. The number of aryl methyl sites for hydroxylation is 1. The molecule has 0 atom stereocenters. The molecule has 0 aliphatic carbocycles. The van der Waals surface area contributed by atoms with E-state index < -0.39 is 11.8 Å². The van der Waals surface area contributed by atoms with Gasteiger partial charge in [-0.15, -0.1) is 0 Å². The number of pyridine rings is 1. The van der Waals surface area contributed by atoms with E-state index in [1.165, 1.54) is 13.3 Å². The number of imidazole rings is 1. The number of nitrogens with zero attached hydrogens (tertiary/aromatic N) is 3. The molecule has 0 fully saturated rings. The molecule has 116 valence electrons. The molecule has 0 spiro atoms. The molecule has 0 unspecified atom stereocenters. The summed E-state index contributed by atoms with van der Waals surface area (Å²) >= 11 is 0. The first kappa shape index (κ1) is 15.5. The number of amides is 2. The van der Waals surface area contributed by atoms with Gasteiger partial charge in [0.15, 0.2) is 0 Å². The van der Waals surface area contributed by atoms with Crippen LogP contribution in [0.3, 0.4) is 0 Å². The number of carbonyl (C=O) groups excluding carboxylic acids is 2. The van der Waals surface area contributed by atoms with Gasteiger partial charge in [0.05, 0.1) is 25.3 Å². The molecule has 0 aliphatic rings. The third-order valence-corrected chi connectivity index (χ3v) is 2.85. The van der Waals surface area contributed by atoms with Gasteiger partial charge in [0.25, 0.3) is 0 Å². The SMILES string of the molecule is COc1ccc(NC(=O)C(=O)NCCCn2ccnc2)cn1. The first-order valence-electron chi connectivity index (χ1n) is 6.74. The van der Waals surface area contributed by atoms with Crippen LogP contribution < -0.4 is 15.4 Å². The lowest BCUT2D eigenvalue weighted by Crippen LogP contribution is -2.36. The Hall–Kier alpha value is -2.90. The maximum absolute atomic E-state index is 11.7. The highest BCUT2D eigenvalue weighted by molar-refractivity contribution is 6.39. The smallest absolute Gasteiger partial charge is 0.313 e. The van der Waals surface area contributed by atoms with Crippen molar-refractivity contribution >= 4 is 17.5 Å². The molecule has 8 heteroatoms. The third kappa shape index (κ3) is 4.58. The van der Waals surface area contributed by atoms with Gasteiger partial charge in [0.1, 0.15) is 0 Å². The van der Waals surface area contributed by atoms with E-state index >= 15 is 0 Å². The molecule has 8 nitrogen and oxygen atoms in total. The van der Waals surface area contributed by atoms with Crippen LogP contribution in [0.1, 0.15) is 6.42 Å². The fourth-order valence-electron chi connectivity index (χ4n) is 1.73. The van der Waals surface area contributed by atoms with Crippen LogP contribution in [-0.2, 0) is 16.1 Å². The zero-order valence-corrected chi connectivity index (χ0v) is 12.2. The summed E-state index contributed by atoms with van der Waals surface area (Å²) in [7, 11) is 1.50. The van der Waals surface area contributed by atoms with Crippen LogP contribution in [0.5, 0.6) is 5.88 Å². The number of hydrogen-bond acceptors (Lipinski definition) is 5. The van der Waals surface area contributed by atoms with Crippen molar-refractivity contribution in [3.8, 4) is 5.88 Å². The van der Waals surface area contributed by atoms with Gasteiger partial charge in [-0.25, -0.2) is 9.97 Å². The summed E-state index contributed by atoms with van der Waals surface area (Å²) < 4.78 is 6.81. The molecule has 0 saturated heterocycles.